The maximum absolute atomic E-state index is 9.55. The van der Waals surface area contributed by atoms with Crippen molar-refractivity contribution in [3.05, 3.63) is 69.7 Å². The summed E-state index contributed by atoms with van der Waals surface area (Å²) in [6.07, 6.45) is 1.83. The highest BCUT2D eigenvalue weighted by Crippen LogP contribution is 2.45. The van der Waals surface area contributed by atoms with Crippen LogP contribution in [0.1, 0.15) is 28.3 Å². The fourth-order valence-corrected chi connectivity index (χ4v) is 3.86. The van der Waals surface area contributed by atoms with E-state index < -0.39 is 6.04 Å². The molecular weight excluding hydrogens is 456 g/mol. The van der Waals surface area contributed by atoms with E-state index in [1.807, 2.05) is 24.4 Å². The molecule has 0 fully saturated rings. The van der Waals surface area contributed by atoms with Crippen LogP contribution in [0.15, 0.2) is 47.5 Å². The summed E-state index contributed by atoms with van der Waals surface area (Å²) in [7, 11) is 1.53. The van der Waals surface area contributed by atoms with Crippen molar-refractivity contribution in [1.29, 1.82) is 10.5 Å². The van der Waals surface area contributed by atoms with E-state index in [0.29, 0.717) is 27.6 Å². The van der Waals surface area contributed by atoms with Gasteiger partial charge in [-0.2, -0.15) is 10.5 Å². The quantitative estimate of drug-likeness (QED) is 0.320. The van der Waals surface area contributed by atoms with Crippen LogP contribution in [0.25, 0.3) is 0 Å². The zero-order valence-corrected chi connectivity index (χ0v) is 18.7. The lowest BCUT2D eigenvalue weighted by Gasteiger charge is -2.27. The molecule has 0 aliphatic carbocycles. The SMILES string of the molecule is COc1cccc(C2N=C(NC#N)Nc3nc(N)c(C#N)c(N)c32)c1OCc1cccc(Cl)c1. The number of halogens is 1. The Morgan fingerprint density at radius 3 is 2.71 bits per heavy atom. The van der Waals surface area contributed by atoms with Crippen molar-refractivity contribution in [2.45, 2.75) is 12.6 Å². The molecule has 0 radical (unpaired) electrons. The largest absolute Gasteiger partial charge is 0.493 e. The third-order valence-corrected chi connectivity index (χ3v) is 5.39. The molecule has 6 N–H and O–H groups in total. The zero-order chi connectivity index (χ0) is 24.2. The Balaban J connectivity index is 1.86. The maximum atomic E-state index is 9.55. The molecule has 0 bridgehead atoms. The standard InChI is InChI=1S/C23H19ClN8O2/c1-33-16-7-3-6-14(20(16)34-10-12-4-2-5-13(24)8-12)19-17-18(27)15(9-25)21(28)31-22(17)32-23(30-19)29-11-26/h2-8,19H,10H2,1H3,(H6,27,28,29,30,31,32). The average Bonchev–Trinajstić information content (AvgIpc) is 2.82. The Morgan fingerprint density at radius 1 is 1.21 bits per heavy atom. The number of aliphatic imine (C=N–C) groups is 1. The van der Waals surface area contributed by atoms with Crippen molar-refractivity contribution in [2.24, 2.45) is 4.99 Å². The van der Waals surface area contributed by atoms with E-state index >= 15 is 0 Å². The fourth-order valence-electron chi connectivity index (χ4n) is 3.65. The van der Waals surface area contributed by atoms with E-state index in [1.165, 1.54) is 7.11 Å². The first-order chi connectivity index (χ1) is 16.5. The lowest BCUT2D eigenvalue weighted by Crippen LogP contribution is -2.33. The van der Waals surface area contributed by atoms with Crippen LogP contribution in [0.4, 0.5) is 17.3 Å². The van der Waals surface area contributed by atoms with Gasteiger partial charge in [-0.05, 0) is 23.8 Å². The Kier molecular flexibility index (Phi) is 6.26. The molecule has 2 aromatic carbocycles. The van der Waals surface area contributed by atoms with Crippen molar-refractivity contribution in [1.82, 2.24) is 10.3 Å². The second kappa shape index (κ2) is 9.45. The molecule has 1 aliphatic heterocycles. The normalized spacial score (nSPS) is 14.0. The van der Waals surface area contributed by atoms with E-state index in [0.717, 1.165) is 5.56 Å². The van der Waals surface area contributed by atoms with Gasteiger partial charge in [0.1, 0.15) is 35.9 Å². The van der Waals surface area contributed by atoms with Gasteiger partial charge < -0.3 is 26.3 Å². The molecule has 4 rings (SSSR count). The van der Waals surface area contributed by atoms with Gasteiger partial charge in [-0.1, -0.05) is 35.9 Å². The Morgan fingerprint density at radius 2 is 2.00 bits per heavy atom. The number of hydrogen-bond donors (Lipinski definition) is 4. The van der Waals surface area contributed by atoms with Gasteiger partial charge in [0.25, 0.3) is 0 Å². The van der Waals surface area contributed by atoms with Crippen molar-refractivity contribution in [3.63, 3.8) is 0 Å². The third-order valence-electron chi connectivity index (χ3n) is 5.15. The number of methoxy groups -OCH3 is 1. The lowest BCUT2D eigenvalue weighted by atomic mass is 9.94. The van der Waals surface area contributed by atoms with Crippen LogP contribution >= 0.6 is 11.6 Å². The topological polar surface area (TPSA) is 167 Å². The summed E-state index contributed by atoms with van der Waals surface area (Å²) in [6, 6.07) is 13.8. The van der Waals surface area contributed by atoms with E-state index in [1.54, 1.807) is 30.3 Å². The van der Waals surface area contributed by atoms with E-state index in [-0.39, 0.29) is 35.5 Å². The maximum Gasteiger partial charge on any atom is 0.211 e. The van der Waals surface area contributed by atoms with E-state index in [2.05, 4.69) is 20.6 Å². The van der Waals surface area contributed by atoms with Crippen LogP contribution in [0.3, 0.4) is 0 Å². The highest BCUT2D eigenvalue weighted by Gasteiger charge is 2.32. The summed E-state index contributed by atoms with van der Waals surface area (Å²) in [5, 5.41) is 24.6. The number of nitrogens with two attached hydrogens (primary N) is 2. The molecule has 2 heterocycles. The number of nitrogens with zero attached hydrogens (tertiary/aromatic N) is 4. The molecule has 10 nitrogen and oxygen atoms in total. The monoisotopic (exact) mass is 474 g/mol. The number of nitrogen functional groups attached to an aromatic ring is 2. The number of anilines is 3. The number of ether oxygens (including phenoxy) is 2. The van der Waals surface area contributed by atoms with Gasteiger partial charge in [-0.25, -0.2) is 9.98 Å². The molecule has 3 aromatic rings. The van der Waals surface area contributed by atoms with Crippen LogP contribution in [0, 0.1) is 22.8 Å². The smallest absolute Gasteiger partial charge is 0.211 e. The number of aromatic nitrogens is 1. The van der Waals surface area contributed by atoms with Crippen LogP contribution in [-0.2, 0) is 6.61 Å². The Labute approximate surface area is 200 Å². The number of benzene rings is 2. The summed E-state index contributed by atoms with van der Waals surface area (Å²) in [4.78, 5) is 8.88. The average molecular weight is 475 g/mol. The van der Waals surface area contributed by atoms with Crippen molar-refractivity contribution < 1.29 is 9.47 Å². The van der Waals surface area contributed by atoms with E-state index in [9.17, 15) is 5.26 Å². The number of guanidine groups is 1. The molecule has 11 heteroatoms. The highest BCUT2D eigenvalue weighted by atomic mass is 35.5. The number of para-hydroxylation sites is 1. The molecule has 34 heavy (non-hydrogen) atoms. The summed E-state index contributed by atoms with van der Waals surface area (Å²) >= 11 is 6.10. The number of rotatable bonds is 5. The second-order valence-corrected chi connectivity index (χ2v) is 7.64. The van der Waals surface area contributed by atoms with Gasteiger partial charge in [-0.15, -0.1) is 0 Å². The van der Waals surface area contributed by atoms with Crippen LogP contribution in [0.5, 0.6) is 11.5 Å². The van der Waals surface area contributed by atoms with Gasteiger partial charge in [0.2, 0.25) is 5.96 Å². The lowest BCUT2D eigenvalue weighted by molar-refractivity contribution is 0.280. The molecule has 0 spiro atoms. The number of nitrogens with one attached hydrogen (secondary N) is 2. The van der Waals surface area contributed by atoms with Crippen LogP contribution in [0.2, 0.25) is 5.02 Å². The number of nitriles is 2. The molecule has 0 saturated carbocycles. The second-order valence-electron chi connectivity index (χ2n) is 7.20. The Bertz CT molecular complexity index is 1380. The first-order valence-electron chi connectivity index (χ1n) is 9.99. The molecule has 1 aliphatic rings. The predicted molar refractivity (Wildman–Crippen MR) is 128 cm³/mol. The minimum atomic E-state index is -0.781. The molecule has 1 aromatic heterocycles. The number of fused-ring (bicyclic) bond motifs is 1. The summed E-state index contributed by atoms with van der Waals surface area (Å²) in [6.45, 7) is 0.206. The van der Waals surface area contributed by atoms with Crippen molar-refractivity contribution in [2.75, 3.05) is 23.9 Å². The van der Waals surface area contributed by atoms with Gasteiger partial charge in [-0.3, -0.25) is 5.32 Å². The summed E-state index contributed by atoms with van der Waals surface area (Å²) < 4.78 is 11.7. The van der Waals surface area contributed by atoms with Crippen LogP contribution in [-0.4, -0.2) is 18.1 Å². The summed E-state index contributed by atoms with van der Waals surface area (Å²) in [5.41, 5.74) is 14.3. The molecule has 0 amide bonds. The molecule has 0 saturated heterocycles. The molecule has 170 valence electrons. The third kappa shape index (κ3) is 4.18. The predicted octanol–water partition coefficient (Wildman–Crippen LogP) is 3.30. The van der Waals surface area contributed by atoms with E-state index in [4.69, 9.17) is 37.8 Å². The van der Waals surface area contributed by atoms with Gasteiger partial charge in [0.15, 0.2) is 17.7 Å². The number of hydrogen-bond acceptors (Lipinski definition) is 10. The summed E-state index contributed by atoms with van der Waals surface area (Å²) in [5.74, 6) is 1.26. The molecule has 1 atom stereocenters. The van der Waals surface area contributed by atoms with Crippen LogP contribution < -0.4 is 31.6 Å². The first kappa shape index (κ1) is 22.5. The minimum absolute atomic E-state index is 0.0359. The molecule has 1 unspecified atom stereocenters. The molecular formula is C23H19ClN8O2. The Hall–Kier alpha value is -4.67. The first-order valence-corrected chi connectivity index (χ1v) is 10.4. The highest BCUT2D eigenvalue weighted by molar-refractivity contribution is 6.30. The van der Waals surface area contributed by atoms with Gasteiger partial charge in [0.05, 0.1) is 12.8 Å². The van der Waals surface area contributed by atoms with Gasteiger partial charge >= 0.3 is 0 Å². The minimum Gasteiger partial charge on any atom is -0.493 e. The van der Waals surface area contributed by atoms with Crippen molar-refractivity contribution >= 4 is 34.9 Å². The fraction of sp³-hybridized carbons (Fsp3) is 0.130. The number of pyridine rings is 1. The zero-order valence-electron chi connectivity index (χ0n) is 18.0. The van der Waals surface area contributed by atoms with Gasteiger partial charge in [0, 0.05) is 16.1 Å². The van der Waals surface area contributed by atoms with Crippen molar-refractivity contribution in [3.8, 4) is 23.8 Å².